The molecule has 0 aromatic heterocycles. The maximum Gasteiger partial charge on any atom is 0.251 e. The number of ketones is 1. The van der Waals surface area contributed by atoms with Gasteiger partial charge in [0.2, 0.25) is 0 Å². The largest absolute Gasteiger partial charge is 0.349 e. The minimum atomic E-state index is -0.00111. The van der Waals surface area contributed by atoms with Gasteiger partial charge in [-0.1, -0.05) is 30.9 Å². The number of amides is 1. The highest BCUT2D eigenvalue weighted by Gasteiger charge is 2.19. The summed E-state index contributed by atoms with van der Waals surface area (Å²) in [5.74, 6) is 6.91. The lowest BCUT2D eigenvalue weighted by molar-refractivity contribution is -0.117. The number of carbonyl (C=O) groups is 2. The van der Waals surface area contributed by atoms with E-state index in [2.05, 4.69) is 36.2 Å². The van der Waals surface area contributed by atoms with Crippen LogP contribution in [0.25, 0.3) is 0 Å². The van der Waals surface area contributed by atoms with Gasteiger partial charge in [-0.05, 0) is 80.5 Å². The second kappa shape index (κ2) is 9.37. The van der Waals surface area contributed by atoms with Gasteiger partial charge in [-0.25, -0.2) is 0 Å². The topological polar surface area (TPSA) is 46.2 Å². The monoisotopic (exact) mass is 373 g/mol. The molecule has 1 N–H and O–H groups in total. The van der Waals surface area contributed by atoms with Crippen molar-refractivity contribution in [3.05, 3.63) is 70.8 Å². The average molecular weight is 373 g/mol. The standard InChI is InChI=1S/C25H27NO2/c1-18(16-19(2)27)17-22-10-8-20(9-11-22)6-7-21-12-14-23(15-13-21)25(28)26-24-4-3-5-24/h8-15,18,24H,3-5,16-17H2,1-2H3,(H,26,28). The summed E-state index contributed by atoms with van der Waals surface area (Å²) in [7, 11) is 0. The second-order valence-corrected chi connectivity index (χ2v) is 7.84. The molecule has 1 unspecified atom stereocenters. The Hall–Kier alpha value is -2.86. The molecule has 1 saturated carbocycles. The fraction of sp³-hybridized carbons (Fsp3) is 0.360. The summed E-state index contributed by atoms with van der Waals surface area (Å²) >= 11 is 0. The smallest absolute Gasteiger partial charge is 0.251 e. The molecular weight excluding hydrogens is 346 g/mol. The molecule has 3 heteroatoms. The number of rotatable bonds is 6. The van der Waals surface area contributed by atoms with Crippen LogP contribution >= 0.6 is 0 Å². The van der Waals surface area contributed by atoms with E-state index in [0.29, 0.717) is 23.9 Å². The number of benzene rings is 2. The van der Waals surface area contributed by atoms with Crippen LogP contribution in [-0.2, 0) is 11.2 Å². The summed E-state index contributed by atoms with van der Waals surface area (Å²) in [6, 6.07) is 16.0. The lowest BCUT2D eigenvalue weighted by atomic mass is 9.93. The van der Waals surface area contributed by atoms with Crippen molar-refractivity contribution in [2.45, 2.75) is 52.0 Å². The minimum Gasteiger partial charge on any atom is -0.349 e. The van der Waals surface area contributed by atoms with Crippen molar-refractivity contribution in [1.29, 1.82) is 0 Å². The summed E-state index contributed by atoms with van der Waals surface area (Å²) in [6.07, 6.45) is 4.90. The molecule has 0 aliphatic heterocycles. The van der Waals surface area contributed by atoms with Crippen LogP contribution in [0.15, 0.2) is 48.5 Å². The lowest BCUT2D eigenvalue weighted by Crippen LogP contribution is -2.39. The van der Waals surface area contributed by atoms with Crippen LogP contribution in [0.3, 0.4) is 0 Å². The van der Waals surface area contributed by atoms with Crippen molar-refractivity contribution in [1.82, 2.24) is 5.32 Å². The van der Waals surface area contributed by atoms with Crippen LogP contribution in [0.1, 0.15) is 66.6 Å². The zero-order chi connectivity index (χ0) is 19.9. The molecule has 1 atom stereocenters. The van der Waals surface area contributed by atoms with E-state index in [0.717, 1.165) is 30.4 Å². The third-order valence-corrected chi connectivity index (χ3v) is 5.11. The van der Waals surface area contributed by atoms with Crippen LogP contribution < -0.4 is 5.32 Å². The lowest BCUT2D eigenvalue weighted by Gasteiger charge is -2.26. The van der Waals surface area contributed by atoms with Crippen LogP contribution in [0, 0.1) is 17.8 Å². The Balaban J connectivity index is 1.57. The molecule has 3 nitrogen and oxygen atoms in total. The summed E-state index contributed by atoms with van der Waals surface area (Å²) < 4.78 is 0. The average Bonchev–Trinajstić information content (AvgIpc) is 2.63. The summed E-state index contributed by atoms with van der Waals surface area (Å²) in [6.45, 7) is 3.74. The van der Waals surface area contributed by atoms with E-state index >= 15 is 0 Å². The van der Waals surface area contributed by atoms with E-state index in [1.165, 1.54) is 12.0 Å². The molecule has 0 spiro atoms. The first-order chi connectivity index (χ1) is 13.5. The van der Waals surface area contributed by atoms with Gasteiger partial charge in [0.05, 0.1) is 0 Å². The first-order valence-electron chi connectivity index (χ1n) is 10.0. The highest BCUT2D eigenvalue weighted by atomic mass is 16.1. The Morgan fingerprint density at radius 1 is 1.00 bits per heavy atom. The molecule has 28 heavy (non-hydrogen) atoms. The highest BCUT2D eigenvalue weighted by Crippen LogP contribution is 2.18. The molecule has 2 aromatic rings. The van der Waals surface area contributed by atoms with E-state index in [4.69, 9.17) is 0 Å². The molecule has 0 saturated heterocycles. The molecule has 1 aliphatic rings. The normalized spacial score (nSPS) is 14.4. The van der Waals surface area contributed by atoms with Crippen molar-refractivity contribution >= 4 is 11.7 Å². The fourth-order valence-corrected chi connectivity index (χ4v) is 3.36. The van der Waals surface area contributed by atoms with Gasteiger partial charge in [0.25, 0.3) is 5.91 Å². The third kappa shape index (κ3) is 5.82. The zero-order valence-corrected chi connectivity index (χ0v) is 16.6. The van der Waals surface area contributed by atoms with Crippen LogP contribution in [0.4, 0.5) is 0 Å². The summed E-state index contributed by atoms with van der Waals surface area (Å²) in [4.78, 5) is 23.3. The minimum absolute atomic E-state index is 0.00111. The number of nitrogens with one attached hydrogen (secondary N) is 1. The predicted octanol–water partition coefficient (Wildman–Crippen LogP) is 4.53. The van der Waals surface area contributed by atoms with Crippen molar-refractivity contribution in [3.63, 3.8) is 0 Å². The molecular formula is C25H27NO2. The first kappa shape index (κ1) is 19.9. The Morgan fingerprint density at radius 2 is 1.57 bits per heavy atom. The Kier molecular flexibility index (Phi) is 6.66. The predicted molar refractivity (Wildman–Crippen MR) is 112 cm³/mol. The van der Waals surface area contributed by atoms with E-state index in [1.807, 2.05) is 36.4 Å². The quantitative estimate of drug-likeness (QED) is 0.757. The van der Waals surface area contributed by atoms with Gasteiger partial charge in [-0.3, -0.25) is 4.79 Å². The van der Waals surface area contributed by atoms with Crippen molar-refractivity contribution in [2.75, 3.05) is 0 Å². The Labute approximate surface area is 167 Å². The van der Waals surface area contributed by atoms with Gasteiger partial charge in [0.15, 0.2) is 0 Å². The molecule has 0 heterocycles. The van der Waals surface area contributed by atoms with Crippen molar-refractivity contribution in [2.24, 2.45) is 5.92 Å². The van der Waals surface area contributed by atoms with E-state index in [9.17, 15) is 9.59 Å². The molecule has 0 bridgehead atoms. The first-order valence-corrected chi connectivity index (χ1v) is 10.0. The van der Waals surface area contributed by atoms with Crippen molar-refractivity contribution < 1.29 is 9.59 Å². The Morgan fingerprint density at radius 3 is 2.07 bits per heavy atom. The number of carbonyl (C=O) groups excluding carboxylic acids is 2. The van der Waals surface area contributed by atoms with Gasteiger partial charge in [-0.15, -0.1) is 0 Å². The summed E-state index contributed by atoms with van der Waals surface area (Å²) in [5.41, 5.74) is 3.75. The molecule has 3 rings (SSSR count). The number of hydrogen-bond acceptors (Lipinski definition) is 2. The van der Waals surface area contributed by atoms with Crippen LogP contribution in [0.5, 0.6) is 0 Å². The molecule has 1 amide bonds. The molecule has 1 aliphatic carbocycles. The van der Waals surface area contributed by atoms with Gasteiger partial charge in [0.1, 0.15) is 5.78 Å². The SMILES string of the molecule is CC(=O)CC(C)Cc1ccc(C#Cc2ccc(C(=O)NC3CCC3)cc2)cc1. The van der Waals surface area contributed by atoms with E-state index in [1.54, 1.807) is 6.92 Å². The number of Topliss-reactive ketones (excluding diaryl/α,β-unsaturated/α-hetero) is 1. The number of hydrogen-bond donors (Lipinski definition) is 1. The molecule has 2 aromatic carbocycles. The van der Waals surface area contributed by atoms with Crippen LogP contribution in [0.2, 0.25) is 0 Å². The van der Waals surface area contributed by atoms with Gasteiger partial charge in [-0.2, -0.15) is 0 Å². The Bertz CT molecular complexity index is 881. The third-order valence-electron chi connectivity index (χ3n) is 5.11. The van der Waals surface area contributed by atoms with E-state index < -0.39 is 0 Å². The van der Waals surface area contributed by atoms with Crippen LogP contribution in [-0.4, -0.2) is 17.7 Å². The molecule has 144 valence electrons. The fourth-order valence-electron chi connectivity index (χ4n) is 3.36. The maximum atomic E-state index is 12.1. The molecule has 0 radical (unpaired) electrons. The molecule has 1 fully saturated rings. The van der Waals surface area contributed by atoms with Gasteiger partial charge in [0, 0.05) is 29.2 Å². The van der Waals surface area contributed by atoms with Crippen molar-refractivity contribution in [3.8, 4) is 11.8 Å². The second-order valence-electron chi connectivity index (χ2n) is 7.84. The zero-order valence-electron chi connectivity index (χ0n) is 16.6. The highest BCUT2D eigenvalue weighted by molar-refractivity contribution is 5.94. The van der Waals surface area contributed by atoms with E-state index in [-0.39, 0.29) is 11.7 Å². The van der Waals surface area contributed by atoms with Gasteiger partial charge < -0.3 is 10.1 Å². The summed E-state index contributed by atoms with van der Waals surface area (Å²) in [5, 5.41) is 3.05. The maximum absolute atomic E-state index is 12.1. The van der Waals surface area contributed by atoms with Gasteiger partial charge >= 0.3 is 0 Å².